The summed E-state index contributed by atoms with van der Waals surface area (Å²) in [5, 5.41) is 2.60. The molecule has 1 fully saturated rings. The second-order valence-electron chi connectivity index (χ2n) is 5.68. The fourth-order valence-electron chi connectivity index (χ4n) is 2.60. The van der Waals surface area contributed by atoms with Gasteiger partial charge in [0, 0.05) is 34.3 Å². The van der Waals surface area contributed by atoms with E-state index in [1.54, 1.807) is 6.92 Å². The van der Waals surface area contributed by atoms with Gasteiger partial charge in [0.05, 0.1) is 0 Å². The first-order valence-corrected chi connectivity index (χ1v) is 8.17. The Labute approximate surface area is 151 Å². The van der Waals surface area contributed by atoms with Gasteiger partial charge >= 0.3 is 17.9 Å². The molecular weight excluding hydrogens is 350 g/mol. The Morgan fingerprint density at radius 1 is 0.923 bits per heavy atom. The number of carbonyl (C=O) groups excluding carboxylic acids is 4. The van der Waals surface area contributed by atoms with Crippen molar-refractivity contribution in [3.05, 3.63) is 0 Å². The van der Waals surface area contributed by atoms with Crippen LogP contribution in [0, 0.1) is 0 Å². The van der Waals surface area contributed by atoms with E-state index in [1.165, 1.54) is 27.7 Å². The first-order chi connectivity index (χ1) is 12.1. The van der Waals surface area contributed by atoms with Gasteiger partial charge < -0.3 is 29.0 Å². The molecule has 0 spiro atoms. The van der Waals surface area contributed by atoms with E-state index < -0.39 is 54.5 Å². The van der Waals surface area contributed by atoms with Crippen LogP contribution in [0.2, 0.25) is 0 Å². The lowest BCUT2D eigenvalue weighted by Crippen LogP contribution is -2.66. The summed E-state index contributed by atoms with van der Waals surface area (Å²) in [7, 11) is 0. The molecular formula is C16H25NO9. The van der Waals surface area contributed by atoms with Crippen LogP contribution in [0.5, 0.6) is 0 Å². The van der Waals surface area contributed by atoms with Gasteiger partial charge in [-0.2, -0.15) is 0 Å². The highest BCUT2D eigenvalue weighted by atomic mass is 16.7. The van der Waals surface area contributed by atoms with Gasteiger partial charge in [-0.05, 0) is 6.92 Å². The van der Waals surface area contributed by atoms with Gasteiger partial charge in [-0.15, -0.1) is 0 Å². The molecule has 148 valence electrons. The highest BCUT2D eigenvalue weighted by Crippen LogP contribution is 2.27. The number of nitrogens with one attached hydrogen (secondary N) is 1. The predicted molar refractivity (Wildman–Crippen MR) is 85.6 cm³/mol. The third-order valence-electron chi connectivity index (χ3n) is 3.40. The molecule has 1 aliphatic heterocycles. The van der Waals surface area contributed by atoms with Crippen LogP contribution in [-0.4, -0.2) is 67.7 Å². The first-order valence-electron chi connectivity index (χ1n) is 8.17. The number of amides is 1. The summed E-state index contributed by atoms with van der Waals surface area (Å²) in [6.07, 6.45) is -4.15. The normalized spacial score (nSPS) is 28.0. The fraction of sp³-hybridized carbons (Fsp3) is 0.750. The smallest absolute Gasteiger partial charge is 0.303 e. The Kier molecular flexibility index (Phi) is 8.46. The molecule has 0 aliphatic carbocycles. The van der Waals surface area contributed by atoms with Gasteiger partial charge in [0.15, 0.2) is 18.5 Å². The summed E-state index contributed by atoms with van der Waals surface area (Å²) in [5.41, 5.74) is 0. The van der Waals surface area contributed by atoms with Crippen LogP contribution in [0.1, 0.15) is 34.6 Å². The van der Waals surface area contributed by atoms with Crippen LogP contribution in [-0.2, 0) is 42.9 Å². The van der Waals surface area contributed by atoms with Crippen molar-refractivity contribution in [2.45, 2.75) is 65.3 Å². The zero-order valence-electron chi connectivity index (χ0n) is 15.5. The van der Waals surface area contributed by atoms with E-state index in [-0.39, 0.29) is 13.2 Å². The van der Waals surface area contributed by atoms with Crippen molar-refractivity contribution in [3.8, 4) is 0 Å². The molecule has 0 unspecified atom stereocenters. The minimum absolute atomic E-state index is 0.242. The summed E-state index contributed by atoms with van der Waals surface area (Å²) in [6, 6.07) is -0.922. The molecule has 0 bridgehead atoms. The molecule has 1 saturated heterocycles. The summed E-state index contributed by atoms with van der Waals surface area (Å²) in [6.45, 7) is 6.56. The Morgan fingerprint density at radius 2 is 1.50 bits per heavy atom. The number of hydrogen-bond acceptors (Lipinski definition) is 9. The molecule has 0 radical (unpaired) electrons. The molecule has 5 atom stereocenters. The van der Waals surface area contributed by atoms with Gasteiger partial charge in [-0.1, -0.05) is 0 Å². The largest absolute Gasteiger partial charge is 0.463 e. The highest BCUT2D eigenvalue weighted by Gasteiger charge is 2.51. The highest BCUT2D eigenvalue weighted by molar-refractivity contribution is 5.73. The molecule has 0 saturated carbocycles. The van der Waals surface area contributed by atoms with Gasteiger partial charge in [-0.25, -0.2) is 0 Å². The third-order valence-corrected chi connectivity index (χ3v) is 3.40. The lowest BCUT2D eigenvalue weighted by molar-refractivity contribution is -0.276. The Hall–Kier alpha value is -2.20. The quantitative estimate of drug-likeness (QED) is 0.470. The Morgan fingerprint density at radius 3 is 1.96 bits per heavy atom. The average molecular weight is 375 g/mol. The average Bonchev–Trinajstić information content (AvgIpc) is 2.50. The lowest BCUT2D eigenvalue weighted by Gasteiger charge is -2.44. The third kappa shape index (κ3) is 6.60. The van der Waals surface area contributed by atoms with E-state index in [0.717, 1.165) is 0 Å². The van der Waals surface area contributed by atoms with E-state index in [2.05, 4.69) is 5.32 Å². The lowest BCUT2D eigenvalue weighted by atomic mass is 9.96. The standard InChI is InChI=1S/C16H25NO9/c1-6-22-16-13(17-8(2)18)15(25-11(5)21)14(24-10(4)20)12(26-16)7-23-9(3)19/h12-16H,6-7H2,1-5H3,(H,17,18)/t12-,13-,14-,15-,16+/m1/s1. The molecule has 10 nitrogen and oxygen atoms in total. The van der Waals surface area contributed by atoms with Crippen LogP contribution in [0.4, 0.5) is 0 Å². The summed E-state index contributed by atoms with van der Waals surface area (Å²) >= 11 is 0. The van der Waals surface area contributed by atoms with Crippen LogP contribution < -0.4 is 5.32 Å². The number of hydrogen-bond donors (Lipinski definition) is 1. The second kappa shape index (κ2) is 10.1. The van der Waals surface area contributed by atoms with E-state index in [9.17, 15) is 19.2 Å². The van der Waals surface area contributed by atoms with Crippen LogP contribution in [0.3, 0.4) is 0 Å². The van der Waals surface area contributed by atoms with Crippen molar-refractivity contribution < 1.29 is 42.9 Å². The van der Waals surface area contributed by atoms with E-state index in [4.69, 9.17) is 23.7 Å². The molecule has 1 rings (SSSR count). The topological polar surface area (TPSA) is 126 Å². The van der Waals surface area contributed by atoms with Gasteiger partial charge in [0.2, 0.25) is 5.91 Å². The van der Waals surface area contributed by atoms with Gasteiger partial charge in [0.1, 0.15) is 18.8 Å². The van der Waals surface area contributed by atoms with Crippen LogP contribution in [0.15, 0.2) is 0 Å². The maximum absolute atomic E-state index is 11.6. The van der Waals surface area contributed by atoms with Crippen molar-refractivity contribution in [2.75, 3.05) is 13.2 Å². The van der Waals surface area contributed by atoms with Gasteiger partial charge in [0.25, 0.3) is 0 Å². The zero-order chi connectivity index (χ0) is 19.9. The second-order valence-corrected chi connectivity index (χ2v) is 5.68. The maximum atomic E-state index is 11.6. The Balaban J connectivity index is 3.22. The molecule has 26 heavy (non-hydrogen) atoms. The maximum Gasteiger partial charge on any atom is 0.303 e. The van der Waals surface area contributed by atoms with Crippen molar-refractivity contribution in [1.82, 2.24) is 5.32 Å². The number of ether oxygens (including phenoxy) is 5. The summed E-state index contributed by atoms with van der Waals surface area (Å²) in [5.74, 6) is -2.28. The van der Waals surface area contributed by atoms with Gasteiger partial charge in [-0.3, -0.25) is 19.2 Å². The van der Waals surface area contributed by atoms with Crippen molar-refractivity contribution in [1.29, 1.82) is 0 Å². The number of rotatable bonds is 7. The van der Waals surface area contributed by atoms with E-state index in [0.29, 0.717) is 0 Å². The van der Waals surface area contributed by atoms with Crippen LogP contribution in [0.25, 0.3) is 0 Å². The molecule has 1 aliphatic rings. The molecule has 1 amide bonds. The molecule has 1 N–H and O–H groups in total. The number of carbonyl (C=O) groups is 4. The molecule has 0 aromatic heterocycles. The van der Waals surface area contributed by atoms with E-state index in [1.807, 2.05) is 0 Å². The van der Waals surface area contributed by atoms with Crippen molar-refractivity contribution in [2.24, 2.45) is 0 Å². The predicted octanol–water partition coefficient (Wildman–Crippen LogP) is -0.321. The van der Waals surface area contributed by atoms with Crippen LogP contribution >= 0.6 is 0 Å². The molecule has 0 aromatic rings. The number of esters is 3. The van der Waals surface area contributed by atoms with Crippen molar-refractivity contribution in [3.63, 3.8) is 0 Å². The summed E-state index contributed by atoms with van der Waals surface area (Å²) < 4.78 is 26.7. The first kappa shape index (κ1) is 21.8. The minimum atomic E-state index is -1.11. The van der Waals surface area contributed by atoms with Crippen molar-refractivity contribution >= 4 is 23.8 Å². The molecule has 0 aromatic carbocycles. The molecule has 10 heteroatoms. The monoisotopic (exact) mass is 375 g/mol. The summed E-state index contributed by atoms with van der Waals surface area (Å²) in [4.78, 5) is 45.8. The Bertz CT molecular complexity index is 536. The van der Waals surface area contributed by atoms with E-state index >= 15 is 0 Å². The zero-order valence-corrected chi connectivity index (χ0v) is 15.5. The SMILES string of the molecule is CCO[C@H]1O[C@H](COC(C)=O)[C@@H](OC(C)=O)[C@H](OC(C)=O)[C@H]1NC(C)=O. The molecule has 1 heterocycles. The minimum Gasteiger partial charge on any atom is -0.463 e. The fourth-order valence-corrected chi connectivity index (χ4v) is 2.60.